The van der Waals surface area contributed by atoms with Crippen molar-refractivity contribution in [2.24, 2.45) is 0 Å². The number of hydrogen-bond acceptors (Lipinski definition) is 0. The van der Waals surface area contributed by atoms with E-state index in [0.717, 1.165) is 0 Å². The fourth-order valence-electron chi connectivity index (χ4n) is 2.26. The van der Waals surface area contributed by atoms with E-state index in [0.29, 0.717) is 0 Å². The van der Waals surface area contributed by atoms with Crippen molar-refractivity contribution in [3.63, 3.8) is 0 Å². The number of halogens is 18. The summed E-state index contributed by atoms with van der Waals surface area (Å²) < 4.78 is 235. The van der Waals surface area contributed by atoms with Gasteiger partial charge in [-0.15, -0.1) is 0 Å². The predicted octanol–water partition coefficient (Wildman–Crippen LogP) is 7.84. The first-order valence-corrected chi connectivity index (χ1v) is 7.64. The van der Waals surface area contributed by atoms with E-state index in [1.165, 1.54) is 0 Å². The van der Waals surface area contributed by atoms with Gasteiger partial charge < -0.3 is 0 Å². The number of rotatable bonds is 6. The first-order chi connectivity index (χ1) is 14.1. The molecule has 0 amide bonds. The lowest BCUT2D eigenvalue weighted by Gasteiger charge is -2.36. The van der Waals surface area contributed by atoms with Gasteiger partial charge in [0.15, 0.2) is 0 Å². The molecule has 0 aliphatic rings. The van der Waals surface area contributed by atoms with E-state index in [1.807, 2.05) is 0 Å². The van der Waals surface area contributed by atoms with Crippen molar-refractivity contribution in [3.05, 3.63) is 34.9 Å². The lowest BCUT2D eigenvalue weighted by molar-refractivity contribution is -0.400. The summed E-state index contributed by atoms with van der Waals surface area (Å²) >= 11 is 0. The third kappa shape index (κ3) is 3.95. The lowest BCUT2D eigenvalue weighted by atomic mass is 9.89. The van der Waals surface area contributed by atoms with Crippen LogP contribution in [0.25, 0.3) is 0 Å². The largest absolute Gasteiger partial charge is 0.460 e. The van der Waals surface area contributed by atoms with Gasteiger partial charge in [0.2, 0.25) is 0 Å². The van der Waals surface area contributed by atoms with Crippen molar-refractivity contribution in [1.29, 1.82) is 0 Å². The third-order valence-corrected chi connectivity index (χ3v) is 4.23. The maximum Gasteiger partial charge on any atom is 0.460 e. The summed E-state index contributed by atoms with van der Waals surface area (Å²) in [7, 11) is 0. The Kier molecular flexibility index (Phi) is 6.57. The van der Waals surface area contributed by atoms with Crippen LogP contribution in [-0.4, -0.2) is 36.0 Å². The molecule has 0 aliphatic heterocycles. The number of hydrogen-bond donors (Lipinski definition) is 0. The van der Waals surface area contributed by atoms with E-state index in [4.69, 9.17) is 0 Å². The Morgan fingerprint density at radius 3 is 1.12 bits per heavy atom. The summed E-state index contributed by atoms with van der Waals surface area (Å²) in [6.45, 7) is 0.204. The van der Waals surface area contributed by atoms with Crippen LogP contribution in [0.2, 0.25) is 0 Å². The second-order valence-electron chi connectivity index (χ2n) is 6.47. The molecule has 192 valence electrons. The van der Waals surface area contributed by atoms with Gasteiger partial charge in [0.1, 0.15) is 0 Å². The highest BCUT2D eigenvalue weighted by Crippen LogP contribution is 2.59. The Morgan fingerprint density at radius 1 is 0.455 bits per heavy atom. The Balaban J connectivity index is 3.80. The maximum absolute atomic E-state index is 14.0. The molecule has 1 aromatic carbocycles. The van der Waals surface area contributed by atoms with Gasteiger partial charge in [-0.1, -0.05) is 12.1 Å². The zero-order chi connectivity index (χ0) is 26.9. The van der Waals surface area contributed by atoms with E-state index in [-0.39, 0.29) is 13.0 Å². The van der Waals surface area contributed by atoms with Crippen LogP contribution < -0.4 is 0 Å². The van der Waals surface area contributed by atoms with Crippen LogP contribution in [0.3, 0.4) is 0 Å². The molecule has 0 N–H and O–H groups in total. The molecule has 0 bridgehead atoms. The SMILES string of the molecule is Cc1ccc(C(F)(F)C(F)(F)C(F)(F)C(F)(F)F)cc1C(F)(F)C(F)(F)C(F)(F)C(F)(F)F. The topological polar surface area (TPSA) is 0 Å². The van der Waals surface area contributed by atoms with Crippen LogP contribution in [0.4, 0.5) is 79.0 Å². The maximum atomic E-state index is 14.0. The molecule has 0 spiro atoms. The quantitative estimate of drug-likeness (QED) is 0.330. The highest BCUT2D eigenvalue weighted by molar-refractivity contribution is 5.39. The van der Waals surface area contributed by atoms with E-state index in [2.05, 4.69) is 0 Å². The van der Waals surface area contributed by atoms with Crippen LogP contribution in [0.5, 0.6) is 0 Å². The third-order valence-electron chi connectivity index (χ3n) is 4.23. The summed E-state index contributed by atoms with van der Waals surface area (Å²) in [6.07, 6.45) is -14.7. The standard InChI is InChI=1S/C15H6F18/c1-5-2-3-6(8(16,17)10(20,21)12(24,25)14(28,29)30)4-7(5)9(18,19)11(22,23)13(26,27)15(31,32)33/h2-4H,1H3. The summed E-state index contributed by atoms with van der Waals surface area (Å²) in [6, 6.07) is -2.11. The smallest absolute Gasteiger partial charge is 0.194 e. The van der Waals surface area contributed by atoms with Gasteiger partial charge in [0, 0.05) is 11.1 Å². The molecular weight excluding hydrogens is 522 g/mol. The predicted molar refractivity (Wildman–Crippen MR) is 70.9 cm³/mol. The Hall–Kier alpha value is -2.04. The van der Waals surface area contributed by atoms with Gasteiger partial charge in [0.25, 0.3) is 0 Å². The second kappa shape index (κ2) is 7.48. The van der Waals surface area contributed by atoms with Crippen molar-refractivity contribution >= 4 is 0 Å². The van der Waals surface area contributed by atoms with Gasteiger partial charge in [-0.25, -0.2) is 0 Å². The van der Waals surface area contributed by atoms with Crippen molar-refractivity contribution in [1.82, 2.24) is 0 Å². The van der Waals surface area contributed by atoms with Gasteiger partial charge in [-0.3, -0.25) is 0 Å². The fraction of sp³-hybridized carbons (Fsp3) is 0.600. The fourth-order valence-corrected chi connectivity index (χ4v) is 2.26. The number of aryl methyl sites for hydroxylation is 1. The first kappa shape index (κ1) is 29.0. The minimum Gasteiger partial charge on any atom is -0.194 e. The average molecular weight is 528 g/mol. The van der Waals surface area contributed by atoms with Crippen molar-refractivity contribution in [2.75, 3.05) is 0 Å². The zero-order valence-corrected chi connectivity index (χ0v) is 15.0. The molecule has 0 radical (unpaired) electrons. The van der Waals surface area contributed by atoms with Gasteiger partial charge in [0.05, 0.1) is 0 Å². The molecule has 0 aromatic heterocycles. The first-order valence-electron chi connectivity index (χ1n) is 7.64. The molecule has 0 aliphatic carbocycles. The Bertz CT molecular complexity index is 872. The molecule has 18 heteroatoms. The normalized spacial score (nSPS) is 15.7. The van der Waals surface area contributed by atoms with Crippen LogP contribution in [0, 0.1) is 6.92 Å². The summed E-state index contributed by atoms with van der Waals surface area (Å²) in [5, 5.41) is 0. The van der Waals surface area contributed by atoms with Crippen LogP contribution in [-0.2, 0) is 11.8 Å². The van der Waals surface area contributed by atoms with E-state index < -0.39 is 76.7 Å². The minimum atomic E-state index is -7.54. The molecule has 33 heavy (non-hydrogen) atoms. The molecule has 0 nitrogen and oxygen atoms in total. The molecule has 1 rings (SSSR count). The van der Waals surface area contributed by atoms with Gasteiger partial charge in [-0.2, -0.15) is 79.0 Å². The minimum absolute atomic E-state index is 0.204. The Labute approximate surface area is 170 Å². The van der Waals surface area contributed by atoms with Gasteiger partial charge >= 0.3 is 47.9 Å². The highest BCUT2D eigenvalue weighted by Gasteiger charge is 2.83. The molecule has 0 unspecified atom stereocenters. The van der Waals surface area contributed by atoms with Crippen LogP contribution >= 0.6 is 0 Å². The monoisotopic (exact) mass is 528 g/mol. The van der Waals surface area contributed by atoms with E-state index >= 15 is 0 Å². The molecule has 0 saturated carbocycles. The zero-order valence-electron chi connectivity index (χ0n) is 15.0. The molecule has 0 atom stereocenters. The van der Waals surface area contributed by atoms with Crippen molar-refractivity contribution in [3.8, 4) is 0 Å². The number of benzene rings is 1. The van der Waals surface area contributed by atoms with Crippen molar-refractivity contribution in [2.45, 2.75) is 54.8 Å². The van der Waals surface area contributed by atoms with Crippen LogP contribution in [0.15, 0.2) is 18.2 Å². The molecule has 0 saturated heterocycles. The summed E-state index contributed by atoms with van der Waals surface area (Å²) in [4.78, 5) is 0. The lowest BCUT2D eigenvalue weighted by Crippen LogP contribution is -2.60. The summed E-state index contributed by atoms with van der Waals surface area (Å²) in [5.41, 5.74) is -7.36. The number of alkyl halides is 18. The highest BCUT2D eigenvalue weighted by atomic mass is 19.4. The second-order valence-corrected chi connectivity index (χ2v) is 6.47. The van der Waals surface area contributed by atoms with E-state index in [9.17, 15) is 79.0 Å². The van der Waals surface area contributed by atoms with Gasteiger partial charge in [-0.05, 0) is 18.6 Å². The molecule has 0 heterocycles. The van der Waals surface area contributed by atoms with Crippen LogP contribution in [0.1, 0.15) is 16.7 Å². The van der Waals surface area contributed by atoms with Crippen molar-refractivity contribution < 1.29 is 79.0 Å². The van der Waals surface area contributed by atoms with E-state index in [1.54, 1.807) is 0 Å². The molecular formula is C15H6F18. The summed E-state index contributed by atoms with van der Waals surface area (Å²) in [5.74, 6) is -43.5. The molecule has 1 aromatic rings. The molecule has 0 fully saturated rings. The Morgan fingerprint density at radius 2 is 0.788 bits per heavy atom. The average Bonchev–Trinajstić information content (AvgIpc) is 2.59.